The fourth-order valence-corrected chi connectivity index (χ4v) is 2.24. The molecule has 0 unspecified atom stereocenters. The van der Waals surface area contributed by atoms with Gasteiger partial charge in [0.1, 0.15) is 24.0 Å². The van der Waals surface area contributed by atoms with Crippen molar-refractivity contribution in [3.05, 3.63) is 64.7 Å². The van der Waals surface area contributed by atoms with Gasteiger partial charge in [-0.25, -0.2) is 8.78 Å². The molecule has 0 atom stereocenters. The van der Waals surface area contributed by atoms with E-state index in [1.807, 2.05) is 0 Å². The molecule has 0 bridgehead atoms. The van der Waals surface area contributed by atoms with E-state index >= 15 is 0 Å². The molecule has 0 amide bonds. The molecule has 0 aromatic heterocycles. The standard InChI is InChI=1S/C15H10Cl2F2O/c1-2-5-20-10-7-13(18)15(14(19)8-10)11-4-3-9(16)6-12(11)17/h2-4,6-8H,1,5H2. The summed E-state index contributed by atoms with van der Waals surface area (Å²) in [5, 5.41) is 0.570. The lowest BCUT2D eigenvalue weighted by Crippen LogP contribution is -1.97. The van der Waals surface area contributed by atoms with Crippen LogP contribution in [0.1, 0.15) is 0 Å². The first-order valence-electron chi connectivity index (χ1n) is 5.71. The maximum absolute atomic E-state index is 14.1. The summed E-state index contributed by atoms with van der Waals surface area (Å²) in [6.07, 6.45) is 1.49. The predicted octanol–water partition coefficient (Wildman–Crippen LogP) is 5.50. The van der Waals surface area contributed by atoms with Crippen molar-refractivity contribution in [2.24, 2.45) is 0 Å². The molecule has 0 fully saturated rings. The van der Waals surface area contributed by atoms with Crippen molar-refractivity contribution in [3.8, 4) is 16.9 Å². The number of halogens is 4. The van der Waals surface area contributed by atoms with E-state index in [9.17, 15) is 8.78 Å². The summed E-state index contributed by atoms with van der Waals surface area (Å²) < 4.78 is 33.2. The number of hydrogen-bond acceptors (Lipinski definition) is 1. The van der Waals surface area contributed by atoms with Crippen molar-refractivity contribution in [2.45, 2.75) is 0 Å². The molecule has 20 heavy (non-hydrogen) atoms. The van der Waals surface area contributed by atoms with Crippen molar-refractivity contribution in [1.82, 2.24) is 0 Å². The second-order valence-corrected chi connectivity index (χ2v) is 4.83. The minimum absolute atomic E-state index is 0.0914. The van der Waals surface area contributed by atoms with Gasteiger partial charge in [-0.2, -0.15) is 0 Å². The Hall–Kier alpha value is -1.58. The summed E-state index contributed by atoms with van der Waals surface area (Å²) in [6.45, 7) is 3.63. The molecule has 0 saturated carbocycles. The van der Waals surface area contributed by atoms with Gasteiger partial charge in [0, 0.05) is 22.7 Å². The summed E-state index contributed by atoms with van der Waals surface area (Å²) >= 11 is 11.7. The third-order valence-corrected chi connectivity index (χ3v) is 3.13. The molecule has 1 nitrogen and oxygen atoms in total. The monoisotopic (exact) mass is 314 g/mol. The number of benzene rings is 2. The SMILES string of the molecule is C=CCOc1cc(F)c(-c2ccc(Cl)cc2Cl)c(F)c1. The maximum Gasteiger partial charge on any atom is 0.137 e. The fraction of sp³-hybridized carbons (Fsp3) is 0.0667. The molecule has 0 aliphatic heterocycles. The van der Waals surface area contributed by atoms with Crippen LogP contribution in [0.5, 0.6) is 5.75 Å². The van der Waals surface area contributed by atoms with Gasteiger partial charge in [0.05, 0.1) is 10.6 Å². The van der Waals surface area contributed by atoms with Gasteiger partial charge in [0.2, 0.25) is 0 Å². The summed E-state index contributed by atoms with van der Waals surface area (Å²) in [6, 6.07) is 6.62. The summed E-state index contributed by atoms with van der Waals surface area (Å²) in [4.78, 5) is 0. The van der Waals surface area contributed by atoms with Crippen molar-refractivity contribution < 1.29 is 13.5 Å². The average molecular weight is 315 g/mol. The van der Waals surface area contributed by atoms with Crippen molar-refractivity contribution in [1.29, 1.82) is 0 Å². The molecule has 2 aromatic carbocycles. The van der Waals surface area contributed by atoms with Gasteiger partial charge in [-0.3, -0.25) is 0 Å². The summed E-state index contributed by atoms with van der Waals surface area (Å²) in [5.74, 6) is -1.42. The molecule has 0 heterocycles. The lowest BCUT2D eigenvalue weighted by atomic mass is 10.0. The topological polar surface area (TPSA) is 9.23 Å². The molecular formula is C15H10Cl2F2O. The van der Waals surface area contributed by atoms with Gasteiger partial charge >= 0.3 is 0 Å². The minimum atomic E-state index is -0.756. The molecule has 0 radical (unpaired) electrons. The van der Waals surface area contributed by atoms with Crippen LogP contribution in [0.2, 0.25) is 10.0 Å². The quantitative estimate of drug-likeness (QED) is 0.677. The zero-order valence-electron chi connectivity index (χ0n) is 10.3. The van der Waals surface area contributed by atoms with Gasteiger partial charge in [0.25, 0.3) is 0 Å². The van der Waals surface area contributed by atoms with E-state index in [1.165, 1.54) is 24.3 Å². The predicted molar refractivity (Wildman–Crippen MR) is 77.5 cm³/mol. The van der Waals surface area contributed by atoms with Gasteiger partial charge in [-0.05, 0) is 12.1 Å². The highest BCUT2D eigenvalue weighted by atomic mass is 35.5. The zero-order valence-corrected chi connectivity index (χ0v) is 11.8. The molecule has 0 N–H and O–H groups in total. The van der Waals surface area contributed by atoms with Crippen molar-refractivity contribution in [3.63, 3.8) is 0 Å². The van der Waals surface area contributed by atoms with Gasteiger partial charge < -0.3 is 4.74 Å². The maximum atomic E-state index is 14.1. The molecular weight excluding hydrogens is 305 g/mol. The molecule has 104 valence electrons. The van der Waals surface area contributed by atoms with E-state index in [0.717, 1.165) is 12.1 Å². The first kappa shape index (κ1) is 14.8. The third kappa shape index (κ3) is 3.11. The second kappa shape index (κ2) is 6.25. The van der Waals surface area contributed by atoms with E-state index in [4.69, 9.17) is 27.9 Å². The van der Waals surface area contributed by atoms with Crippen LogP contribution in [0, 0.1) is 11.6 Å². The normalized spacial score (nSPS) is 10.4. The van der Waals surface area contributed by atoms with Crippen LogP contribution < -0.4 is 4.74 Å². The third-order valence-electron chi connectivity index (χ3n) is 2.58. The number of rotatable bonds is 4. The highest BCUT2D eigenvalue weighted by molar-refractivity contribution is 6.36. The van der Waals surface area contributed by atoms with Gasteiger partial charge in [0.15, 0.2) is 0 Å². The Labute approximate surface area is 125 Å². The Morgan fingerprint density at radius 3 is 2.30 bits per heavy atom. The Morgan fingerprint density at radius 1 is 1.10 bits per heavy atom. The second-order valence-electron chi connectivity index (χ2n) is 3.99. The summed E-state index contributed by atoms with van der Waals surface area (Å²) in [7, 11) is 0. The molecule has 0 aliphatic rings. The highest BCUT2D eigenvalue weighted by Crippen LogP contribution is 2.35. The summed E-state index contributed by atoms with van der Waals surface area (Å²) in [5.41, 5.74) is 0.0268. The fourth-order valence-electron chi connectivity index (χ4n) is 1.74. The van der Waals surface area contributed by atoms with Crippen molar-refractivity contribution >= 4 is 23.2 Å². The molecule has 2 rings (SSSR count). The zero-order chi connectivity index (χ0) is 14.7. The van der Waals surface area contributed by atoms with Gasteiger partial charge in [-0.15, -0.1) is 0 Å². The van der Waals surface area contributed by atoms with Crippen LogP contribution in [-0.2, 0) is 0 Å². The van der Waals surface area contributed by atoms with Crippen LogP contribution in [-0.4, -0.2) is 6.61 Å². The van der Waals surface area contributed by atoms with Crippen LogP contribution in [0.25, 0.3) is 11.1 Å². The van der Waals surface area contributed by atoms with Crippen LogP contribution in [0.4, 0.5) is 8.78 Å². The number of ether oxygens (including phenoxy) is 1. The Morgan fingerprint density at radius 2 is 1.75 bits per heavy atom. The Bertz CT molecular complexity index is 633. The lowest BCUT2D eigenvalue weighted by molar-refractivity contribution is 0.358. The highest BCUT2D eigenvalue weighted by Gasteiger charge is 2.16. The van der Waals surface area contributed by atoms with Gasteiger partial charge in [-0.1, -0.05) is 41.9 Å². The van der Waals surface area contributed by atoms with E-state index in [2.05, 4.69) is 6.58 Å². The molecule has 0 spiro atoms. The molecule has 0 aliphatic carbocycles. The first-order valence-corrected chi connectivity index (χ1v) is 6.46. The van der Waals surface area contributed by atoms with E-state index in [-0.39, 0.29) is 28.5 Å². The van der Waals surface area contributed by atoms with E-state index in [0.29, 0.717) is 5.02 Å². The van der Waals surface area contributed by atoms with Crippen LogP contribution >= 0.6 is 23.2 Å². The largest absolute Gasteiger partial charge is 0.489 e. The Kier molecular flexibility index (Phi) is 4.63. The van der Waals surface area contributed by atoms with Crippen LogP contribution in [0.15, 0.2) is 43.0 Å². The van der Waals surface area contributed by atoms with E-state index in [1.54, 1.807) is 0 Å². The van der Waals surface area contributed by atoms with Crippen molar-refractivity contribution in [2.75, 3.05) is 6.61 Å². The minimum Gasteiger partial charge on any atom is -0.489 e. The van der Waals surface area contributed by atoms with E-state index < -0.39 is 11.6 Å². The average Bonchev–Trinajstić information content (AvgIpc) is 2.38. The number of hydrogen-bond donors (Lipinski definition) is 0. The first-order chi connectivity index (χ1) is 9.52. The molecule has 2 aromatic rings. The lowest BCUT2D eigenvalue weighted by Gasteiger charge is -2.10. The molecule has 5 heteroatoms. The Balaban J connectivity index is 2.49. The molecule has 0 saturated heterocycles. The van der Waals surface area contributed by atoms with Crippen LogP contribution in [0.3, 0.4) is 0 Å². The smallest absolute Gasteiger partial charge is 0.137 e.